The first-order valence-electron chi connectivity index (χ1n) is 7.82. The summed E-state index contributed by atoms with van der Waals surface area (Å²) in [6.07, 6.45) is 5.61. The van der Waals surface area contributed by atoms with Crippen molar-refractivity contribution in [1.82, 2.24) is 0 Å². The molecule has 1 aromatic carbocycles. The monoisotopic (exact) mass is 299 g/mol. The molecule has 0 radical (unpaired) electrons. The molecule has 22 heavy (non-hydrogen) atoms. The van der Waals surface area contributed by atoms with Gasteiger partial charge in [0.25, 0.3) is 0 Å². The zero-order valence-corrected chi connectivity index (χ0v) is 13.1. The molecule has 0 amide bonds. The Balaban J connectivity index is 1.81. The highest BCUT2D eigenvalue weighted by Gasteiger charge is 2.40. The molecule has 1 nitrogen and oxygen atoms in total. The van der Waals surface area contributed by atoms with Crippen LogP contribution in [-0.2, 0) is 0 Å². The van der Waals surface area contributed by atoms with Gasteiger partial charge in [-0.1, -0.05) is 23.3 Å². The third kappa shape index (κ3) is 1.91. The van der Waals surface area contributed by atoms with Crippen molar-refractivity contribution in [2.45, 2.75) is 45.1 Å². The normalized spacial score (nSPS) is 28.1. The predicted octanol–water partition coefficient (Wildman–Crippen LogP) is 5.03. The molecule has 0 N–H and O–H groups in total. The zero-order valence-electron chi connectivity index (χ0n) is 13.1. The van der Waals surface area contributed by atoms with Crippen LogP contribution in [0.4, 0.5) is 8.78 Å². The molecule has 114 valence electrons. The Morgan fingerprint density at radius 1 is 1.09 bits per heavy atom. The summed E-state index contributed by atoms with van der Waals surface area (Å²) < 4.78 is 28.3. The van der Waals surface area contributed by atoms with E-state index in [0.717, 1.165) is 17.7 Å². The fourth-order valence-electron chi connectivity index (χ4n) is 4.30. The molecule has 4 rings (SSSR count). The van der Waals surface area contributed by atoms with Crippen LogP contribution in [0.25, 0.3) is 6.08 Å². The minimum atomic E-state index is -0.323. The van der Waals surface area contributed by atoms with Gasteiger partial charge in [0.1, 0.15) is 11.6 Å². The van der Waals surface area contributed by atoms with Gasteiger partial charge in [0, 0.05) is 28.7 Å². The van der Waals surface area contributed by atoms with Crippen LogP contribution in [0.1, 0.15) is 50.7 Å². The molecule has 1 aromatic rings. The molecule has 1 fully saturated rings. The van der Waals surface area contributed by atoms with Crippen LogP contribution in [0, 0.1) is 17.6 Å². The van der Waals surface area contributed by atoms with Crippen LogP contribution in [0.2, 0.25) is 0 Å². The molecule has 0 saturated heterocycles. The second kappa shape index (κ2) is 4.37. The first-order chi connectivity index (χ1) is 10.4. The van der Waals surface area contributed by atoms with Gasteiger partial charge in [-0.05, 0) is 45.7 Å². The largest absolute Gasteiger partial charge is 0.283 e. The molecule has 1 heterocycles. The van der Waals surface area contributed by atoms with Gasteiger partial charge in [0.2, 0.25) is 0 Å². The topological polar surface area (TPSA) is 12.4 Å². The minimum Gasteiger partial charge on any atom is -0.283 e. The highest BCUT2D eigenvalue weighted by atomic mass is 19.1. The summed E-state index contributed by atoms with van der Waals surface area (Å²) in [7, 11) is 0. The van der Waals surface area contributed by atoms with Crippen LogP contribution in [0.3, 0.4) is 0 Å². The highest BCUT2D eigenvalue weighted by Crippen LogP contribution is 2.50. The lowest BCUT2D eigenvalue weighted by molar-refractivity contribution is 0.544. The van der Waals surface area contributed by atoms with Crippen LogP contribution >= 0.6 is 0 Å². The number of rotatable bonds is 0. The summed E-state index contributed by atoms with van der Waals surface area (Å²) in [4.78, 5) is 4.87. The van der Waals surface area contributed by atoms with Crippen molar-refractivity contribution in [2.24, 2.45) is 10.9 Å². The van der Waals surface area contributed by atoms with Gasteiger partial charge in [-0.2, -0.15) is 0 Å². The Kier molecular flexibility index (Phi) is 2.76. The predicted molar refractivity (Wildman–Crippen MR) is 85.1 cm³/mol. The van der Waals surface area contributed by atoms with E-state index in [1.54, 1.807) is 0 Å². The van der Waals surface area contributed by atoms with Crippen LogP contribution in [0.5, 0.6) is 0 Å². The van der Waals surface area contributed by atoms with Gasteiger partial charge in [0.15, 0.2) is 0 Å². The van der Waals surface area contributed by atoms with Crippen molar-refractivity contribution in [3.8, 4) is 0 Å². The average molecular weight is 299 g/mol. The van der Waals surface area contributed by atoms with Crippen molar-refractivity contribution in [1.29, 1.82) is 0 Å². The first kappa shape index (κ1) is 13.9. The molecule has 1 aliphatic heterocycles. The van der Waals surface area contributed by atoms with Gasteiger partial charge in [-0.3, -0.25) is 4.99 Å². The van der Waals surface area contributed by atoms with Gasteiger partial charge >= 0.3 is 0 Å². The smallest absolute Gasteiger partial charge is 0.130 e. The summed E-state index contributed by atoms with van der Waals surface area (Å²) in [6.45, 7) is 6.33. The second-order valence-corrected chi connectivity index (χ2v) is 7.23. The number of allylic oxidation sites excluding steroid dienone is 2. The minimum absolute atomic E-state index is 0.0394. The lowest BCUT2D eigenvalue weighted by Gasteiger charge is -2.37. The van der Waals surface area contributed by atoms with Crippen LogP contribution in [0.15, 0.2) is 34.3 Å². The molecule has 2 atom stereocenters. The maximum absolute atomic E-state index is 14.2. The van der Waals surface area contributed by atoms with E-state index in [-0.39, 0.29) is 23.1 Å². The maximum atomic E-state index is 14.2. The van der Waals surface area contributed by atoms with Crippen molar-refractivity contribution in [3.63, 3.8) is 0 Å². The Morgan fingerprint density at radius 2 is 1.82 bits per heavy atom. The van der Waals surface area contributed by atoms with Gasteiger partial charge < -0.3 is 0 Å². The Labute approximate surface area is 129 Å². The number of hydrogen-bond acceptors (Lipinski definition) is 1. The highest BCUT2D eigenvalue weighted by molar-refractivity contribution is 5.94. The maximum Gasteiger partial charge on any atom is 0.130 e. The number of fused-ring (bicyclic) bond motifs is 4. The van der Waals surface area contributed by atoms with E-state index in [1.807, 2.05) is 6.08 Å². The Bertz CT molecular complexity index is 768. The van der Waals surface area contributed by atoms with Gasteiger partial charge in [-0.25, -0.2) is 8.78 Å². The summed E-state index contributed by atoms with van der Waals surface area (Å²) >= 11 is 0. The van der Waals surface area contributed by atoms with Crippen molar-refractivity contribution < 1.29 is 8.78 Å². The first-order valence-corrected chi connectivity index (χ1v) is 7.82. The van der Waals surface area contributed by atoms with Crippen molar-refractivity contribution in [3.05, 3.63) is 52.1 Å². The fraction of sp³-hybridized carbons (Fsp3) is 0.421. The third-order valence-electron chi connectivity index (χ3n) is 5.12. The zero-order chi connectivity index (χ0) is 15.6. The van der Waals surface area contributed by atoms with E-state index in [0.29, 0.717) is 23.5 Å². The van der Waals surface area contributed by atoms with E-state index in [9.17, 15) is 8.78 Å². The van der Waals surface area contributed by atoms with Crippen molar-refractivity contribution in [2.75, 3.05) is 0 Å². The fourth-order valence-corrected chi connectivity index (χ4v) is 4.30. The molecule has 0 aromatic heterocycles. The number of hydrogen-bond donors (Lipinski definition) is 0. The van der Waals surface area contributed by atoms with Crippen LogP contribution < -0.4 is 0 Å². The molecule has 2 unspecified atom stereocenters. The molecule has 2 aliphatic carbocycles. The Hall–Kier alpha value is -1.77. The summed E-state index contributed by atoms with van der Waals surface area (Å²) in [5.41, 5.74) is 4.39. The van der Waals surface area contributed by atoms with Gasteiger partial charge in [0.05, 0.1) is 5.54 Å². The van der Waals surface area contributed by atoms with E-state index in [2.05, 4.69) is 26.8 Å². The third-order valence-corrected chi connectivity index (χ3v) is 5.12. The standard InChI is InChI=1S/C19H19F2N/c1-10-9-19(2,3)22-17-8-13-11(6-12(10)17)7-14-15(20)4-5-16(21)18(13)14/h4-5,7,9,12-13H,6,8H2,1-3H3. The number of halogens is 2. The van der Waals surface area contributed by atoms with E-state index in [1.165, 1.54) is 17.7 Å². The lowest BCUT2D eigenvalue weighted by Crippen LogP contribution is -2.33. The summed E-state index contributed by atoms with van der Waals surface area (Å²) in [5.74, 6) is -0.358. The van der Waals surface area contributed by atoms with Gasteiger partial charge in [-0.15, -0.1) is 0 Å². The summed E-state index contributed by atoms with van der Waals surface area (Å²) in [6, 6.07) is 2.47. The molecule has 0 spiro atoms. The lowest BCUT2D eigenvalue weighted by atomic mass is 9.71. The van der Waals surface area contributed by atoms with E-state index >= 15 is 0 Å². The van der Waals surface area contributed by atoms with E-state index in [4.69, 9.17) is 4.99 Å². The molecule has 3 aliphatic rings. The SMILES string of the molecule is CC1=CC(C)(C)N=C2CC3C(=Cc4c(F)ccc(F)c43)CC12. The number of benzene rings is 1. The van der Waals surface area contributed by atoms with E-state index < -0.39 is 0 Å². The van der Waals surface area contributed by atoms with Crippen LogP contribution in [-0.4, -0.2) is 11.3 Å². The van der Waals surface area contributed by atoms with Crippen molar-refractivity contribution >= 4 is 11.8 Å². The Morgan fingerprint density at radius 3 is 2.59 bits per heavy atom. The average Bonchev–Trinajstić information content (AvgIpc) is 2.79. The second-order valence-electron chi connectivity index (χ2n) is 7.23. The molecule has 0 bridgehead atoms. The molecular formula is C19H19F2N. The molecular weight excluding hydrogens is 280 g/mol. The quantitative estimate of drug-likeness (QED) is 0.595. The molecule has 3 heteroatoms. The number of dihydropyridines is 1. The number of aliphatic imine (C=N–C) groups is 1. The molecule has 1 saturated carbocycles. The summed E-state index contributed by atoms with van der Waals surface area (Å²) in [5, 5.41) is 0. The number of nitrogens with zero attached hydrogens (tertiary/aromatic N) is 1.